The fraction of sp³-hybridized carbons (Fsp3) is 0.471. The van der Waals surface area contributed by atoms with Crippen LogP contribution in [-0.4, -0.2) is 23.2 Å². The van der Waals surface area contributed by atoms with Crippen molar-refractivity contribution in [2.75, 3.05) is 7.11 Å². The van der Waals surface area contributed by atoms with E-state index in [0.717, 1.165) is 32.1 Å². The van der Waals surface area contributed by atoms with E-state index in [0.29, 0.717) is 28.1 Å². The molecule has 1 saturated carbocycles. The molecular weight excluding hydrogens is 330 g/mol. The minimum atomic E-state index is -0.635. The number of aromatic nitrogens is 2. The molecule has 1 fully saturated rings. The molecule has 1 amide bonds. The lowest BCUT2D eigenvalue weighted by Gasteiger charge is -2.34. The van der Waals surface area contributed by atoms with Crippen LogP contribution in [0.5, 0.6) is 5.75 Å². The normalized spacial score (nSPS) is 16.6. The summed E-state index contributed by atoms with van der Waals surface area (Å²) in [4.78, 5) is 17.3. The van der Waals surface area contributed by atoms with Gasteiger partial charge in [-0.15, -0.1) is 0 Å². The first-order valence-electron chi connectivity index (χ1n) is 8.01. The number of amides is 1. The van der Waals surface area contributed by atoms with Crippen molar-refractivity contribution in [2.45, 2.75) is 44.6 Å². The van der Waals surface area contributed by atoms with Gasteiger partial charge >= 0.3 is 0 Å². The topological polar surface area (TPSA) is 77.2 Å². The summed E-state index contributed by atoms with van der Waals surface area (Å²) < 4.78 is 10.7. The Morgan fingerprint density at radius 3 is 2.71 bits per heavy atom. The maximum Gasteiger partial charge on any atom is 0.255 e. The molecular formula is C17H20ClN3O3. The van der Waals surface area contributed by atoms with Crippen LogP contribution < -0.4 is 10.1 Å². The highest BCUT2D eigenvalue weighted by molar-refractivity contribution is 6.31. The van der Waals surface area contributed by atoms with Gasteiger partial charge in [-0.05, 0) is 38.0 Å². The molecule has 6 nitrogen and oxygen atoms in total. The van der Waals surface area contributed by atoms with Crippen molar-refractivity contribution in [2.24, 2.45) is 0 Å². The third-order valence-electron chi connectivity index (χ3n) is 4.40. The van der Waals surface area contributed by atoms with Gasteiger partial charge in [-0.25, -0.2) is 0 Å². The monoisotopic (exact) mass is 349 g/mol. The van der Waals surface area contributed by atoms with Crippen LogP contribution in [0.1, 0.15) is 54.2 Å². The van der Waals surface area contributed by atoms with Crippen LogP contribution in [0, 0.1) is 6.92 Å². The zero-order valence-corrected chi connectivity index (χ0v) is 14.5. The number of benzene rings is 1. The second-order valence-corrected chi connectivity index (χ2v) is 6.52. The number of aryl methyl sites for hydroxylation is 1. The number of nitrogens with zero attached hydrogens (tertiary/aromatic N) is 2. The zero-order chi connectivity index (χ0) is 17.2. The van der Waals surface area contributed by atoms with Crippen LogP contribution in [0.4, 0.5) is 0 Å². The molecule has 2 aromatic rings. The summed E-state index contributed by atoms with van der Waals surface area (Å²) in [6.07, 6.45) is 4.65. The Bertz CT molecular complexity index is 738. The molecule has 24 heavy (non-hydrogen) atoms. The lowest BCUT2D eigenvalue weighted by atomic mass is 9.81. The predicted octanol–water partition coefficient (Wildman–Crippen LogP) is 3.63. The van der Waals surface area contributed by atoms with Crippen molar-refractivity contribution in [3.8, 4) is 5.75 Å². The van der Waals surface area contributed by atoms with Gasteiger partial charge in [0.05, 0.1) is 12.7 Å². The summed E-state index contributed by atoms with van der Waals surface area (Å²) in [6, 6.07) is 4.97. The van der Waals surface area contributed by atoms with E-state index in [-0.39, 0.29) is 5.91 Å². The van der Waals surface area contributed by atoms with Gasteiger partial charge in [0.2, 0.25) is 0 Å². The highest BCUT2D eigenvalue weighted by Gasteiger charge is 2.41. The van der Waals surface area contributed by atoms with Crippen LogP contribution >= 0.6 is 11.6 Å². The quantitative estimate of drug-likeness (QED) is 0.912. The maximum atomic E-state index is 12.9. The number of carbonyl (C=O) groups is 1. The summed E-state index contributed by atoms with van der Waals surface area (Å²) >= 11 is 6.04. The van der Waals surface area contributed by atoms with E-state index in [1.54, 1.807) is 25.1 Å². The molecule has 128 valence electrons. The number of nitrogens with one attached hydrogen (secondary N) is 1. The number of halogens is 1. The molecule has 3 rings (SSSR count). The highest BCUT2D eigenvalue weighted by atomic mass is 35.5. The Labute approximate surface area is 145 Å². The SMILES string of the molecule is COc1ccc(Cl)cc1C(=O)NC1(c2nc(C)no2)CCCCC1. The molecule has 0 radical (unpaired) electrons. The van der Waals surface area contributed by atoms with Gasteiger partial charge in [-0.3, -0.25) is 4.79 Å². The number of hydrogen-bond donors (Lipinski definition) is 1. The van der Waals surface area contributed by atoms with Gasteiger partial charge in [0.25, 0.3) is 11.8 Å². The summed E-state index contributed by atoms with van der Waals surface area (Å²) in [5.74, 6) is 1.25. The zero-order valence-electron chi connectivity index (χ0n) is 13.8. The molecule has 7 heteroatoms. The van der Waals surface area contributed by atoms with E-state index >= 15 is 0 Å². The first-order valence-corrected chi connectivity index (χ1v) is 8.39. The Morgan fingerprint density at radius 1 is 1.33 bits per heavy atom. The van der Waals surface area contributed by atoms with Gasteiger partial charge in [0.15, 0.2) is 5.82 Å². The first-order chi connectivity index (χ1) is 11.5. The molecule has 0 aliphatic heterocycles. The van der Waals surface area contributed by atoms with Crippen molar-refractivity contribution < 1.29 is 14.1 Å². The molecule has 1 heterocycles. The van der Waals surface area contributed by atoms with Crippen molar-refractivity contribution in [1.82, 2.24) is 15.5 Å². The fourth-order valence-corrected chi connectivity index (χ4v) is 3.35. The lowest BCUT2D eigenvalue weighted by molar-refractivity contribution is 0.0821. The van der Waals surface area contributed by atoms with Crippen molar-refractivity contribution in [3.63, 3.8) is 0 Å². The van der Waals surface area contributed by atoms with Crippen LogP contribution in [0.25, 0.3) is 0 Å². The summed E-state index contributed by atoms with van der Waals surface area (Å²) in [5, 5.41) is 7.47. The van der Waals surface area contributed by atoms with E-state index < -0.39 is 5.54 Å². The Morgan fingerprint density at radius 2 is 2.08 bits per heavy atom. The molecule has 0 saturated heterocycles. The van der Waals surface area contributed by atoms with Gasteiger partial charge in [0, 0.05) is 5.02 Å². The van der Waals surface area contributed by atoms with Gasteiger partial charge in [0.1, 0.15) is 11.3 Å². The molecule has 1 aliphatic rings. The van der Waals surface area contributed by atoms with E-state index in [4.69, 9.17) is 20.9 Å². The number of ether oxygens (including phenoxy) is 1. The summed E-state index contributed by atoms with van der Waals surface area (Å²) in [5.41, 5.74) is -0.240. The van der Waals surface area contributed by atoms with Crippen LogP contribution in [0.15, 0.2) is 22.7 Å². The van der Waals surface area contributed by atoms with Crippen LogP contribution in [0.2, 0.25) is 5.02 Å². The number of rotatable bonds is 4. The number of hydrogen-bond acceptors (Lipinski definition) is 5. The Balaban J connectivity index is 1.93. The average Bonchev–Trinajstić information content (AvgIpc) is 3.03. The van der Waals surface area contributed by atoms with Crippen molar-refractivity contribution in [3.05, 3.63) is 40.5 Å². The molecule has 1 aromatic carbocycles. The van der Waals surface area contributed by atoms with Crippen LogP contribution in [0.3, 0.4) is 0 Å². The maximum absolute atomic E-state index is 12.9. The van der Waals surface area contributed by atoms with E-state index in [1.807, 2.05) is 0 Å². The largest absolute Gasteiger partial charge is 0.496 e. The summed E-state index contributed by atoms with van der Waals surface area (Å²) in [6.45, 7) is 1.77. The summed E-state index contributed by atoms with van der Waals surface area (Å²) in [7, 11) is 1.53. The van der Waals surface area contributed by atoms with E-state index in [9.17, 15) is 4.79 Å². The highest BCUT2D eigenvalue weighted by Crippen LogP contribution is 2.37. The molecule has 0 bridgehead atoms. The third-order valence-corrected chi connectivity index (χ3v) is 4.64. The molecule has 1 aromatic heterocycles. The van der Waals surface area contributed by atoms with E-state index in [2.05, 4.69) is 15.5 Å². The molecule has 0 atom stereocenters. The Hall–Kier alpha value is -2.08. The standard InChI is InChI=1S/C17H20ClN3O3/c1-11-19-16(24-21-11)17(8-4-3-5-9-17)20-15(22)13-10-12(18)6-7-14(13)23-2/h6-7,10H,3-5,8-9H2,1-2H3,(H,20,22). The molecule has 1 N–H and O–H groups in total. The number of methoxy groups -OCH3 is 1. The molecule has 1 aliphatic carbocycles. The van der Waals surface area contributed by atoms with E-state index in [1.165, 1.54) is 7.11 Å². The van der Waals surface area contributed by atoms with Gasteiger partial charge < -0.3 is 14.6 Å². The Kier molecular flexibility index (Phi) is 4.76. The molecule has 0 spiro atoms. The minimum Gasteiger partial charge on any atom is -0.496 e. The number of carbonyl (C=O) groups excluding carboxylic acids is 1. The van der Waals surface area contributed by atoms with Gasteiger partial charge in [-0.2, -0.15) is 4.98 Å². The van der Waals surface area contributed by atoms with Crippen LogP contribution in [-0.2, 0) is 5.54 Å². The third kappa shape index (κ3) is 3.24. The predicted molar refractivity (Wildman–Crippen MR) is 89.3 cm³/mol. The van der Waals surface area contributed by atoms with Gasteiger partial charge in [-0.1, -0.05) is 36.0 Å². The van der Waals surface area contributed by atoms with Crippen molar-refractivity contribution in [1.29, 1.82) is 0 Å². The smallest absolute Gasteiger partial charge is 0.255 e. The average molecular weight is 350 g/mol. The molecule has 0 unspecified atom stereocenters. The second kappa shape index (κ2) is 6.81. The van der Waals surface area contributed by atoms with Crippen molar-refractivity contribution >= 4 is 17.5 Å². The minimum absolute atomic E-state index is 0.257. The fourth-order valence-electron chi connectivity index (χ4n) is 3.18. The lowest BCUT2D eigenvalue weighted by Crippen LogP contribution is -2.47. The first kappa shape index (κ1) is 16.8. The second-order valence-electron chi connectivity index (χ2n) is 6.09.